The maximum Gasteiger partial charge on any atom is 0.00760 e. The molecule has 3 saturated carbocycles. The highest BCUT2D eigenvalue weighted by Crippen LogP contribution is 2.54. The lowest BCUT2D eigenvalue weighted by Gasteiger charge is -2.33. The Bertz CT molecular complexity index is 229. The molecule has 1 heteroatoms. The van der Waals surface area contributed by atoms with E-state index in [4.69, 9.17) is 12.6 Å². The lowest BCUT2D eigenvalue weighted by atomic mass is 9.78. The zero-order valence-electron chi connectivity index (χ0n) is 9.75. The molecule has 0 radical (unpaired) electrons. The van der Waals surface area contributed by atoms with Crippen LogP contribution in [0.25, 0.3) is 0 Å². The Morgan fingerprint density at radius 3 is 2.33 bits per heavy atom. The van der Waals surface area contributed by atoms with Gasteiger partial charge in [-0.3, -0.25) is 0 Å². The molecule has 3 rings (SSSR count). The molecule has 0 aliphatic heterocycles. The summed E-state index contributed by atoms with van der Waals surface area (Å²) >= 11 is 4.99. The summed E-state index contributed by atoms with van der Waals surface area (Å²) in [5, 5.41) is 0.730. The Hall–Kier alpha value is 0.350. The van der Waals surface area contributed by atoms with Crippen LogP contribution in [-0.2, 0) is 0 Å². The van der Waals surface area contributed by atoms with Crippen LogP contribution in [0, 0.1) is 17.3 Å². The minimum Gasteiger partial charge on any atom is -0.175 e. The zero-order chi connectivity index (χ0) is 10.3. The molecule has 0 N–H and O–H groups in total. The van der Waals surface area contributed by atoms with E-state index in [0.717, 1.165) is 17.1 Å². The van der Waals surface area contributed by atoms with Crippen molar-refractivity contribution in [3.8, 4) is 0 Å². The van der Waals surface area contributed by atoms with Crippen molar-refractivity contribution < 1.29 is 0 Å². The van der Waals surface area contributed by atoms with Gasteiger partial charge in [-0.1, -0.05) is 32.1 Å². The van der Waals surface area contributed by atoms with E-state index >= 15 is 0 Å². The average Bonchev–Trinajstić information content (AvgIpc) is 2.81. The van der Waals surface area contributed by atoms with Gasteiger partial charge in [-0.2, -0.15) is 12.6 Å². The van der Waals surface area contributed by atoms with Crippen molar-refractivity contribution in [1.29, 1.82) is 0 Å². The van der Waals surface area contributed by atoms with Gasteiger partial charge in [0, 0.05) is 5.25 Å². The first kappa shape index (κ1) is 10.5. The molecule has 0 bridgehead atoms. The second kappa shape index (κ2) is 3.98. The van der Waals surface area contributed by atoms with Gasteiger partial charge in [0.1, 0.15) is 0 Å². The van der Waals surface area contributed by atoms with E-state index in [0.29, 0.717) is 5.41 Å². The van der Waals surface area contributed by atoms with Crippen LogP contribution in [0.15, 0.2) is 0 Å². The number of rotatable bonds is 0. The highest BCUT2D eigenvalue weighted by atomic mass is 32.1. The van der Waals surface area contributed by atoms with E-state index in [9.17, 15) is 0 Å². The van der Waals surface area contributed by atoms with Gasteiger partial charge < -0.3 is 0 Å². The van der Waals surface area contributed by atoms with Crippen LogP contribution in [0.1, 0.15) is 64.2 Å². The Morgan fingerprint density at radius 1 is 0.800 bits per heavy atom. The van der Waals surface area contributed by atoms with E-state index in [1.807, 2.05) is 0 Å². The van der Waals surface area contributed by atoms with Crippen molar-refractivity contribution in [2.45, 2.75) is 69.5 Å². The normalized spacial score (nSPS) is 44.2. The van der Waals surface area contributed by atoms with Crippen molar-refractivity contribution in [3.05, 3.63) is 0 Å². The van der Waals surface area contributed by atoms with E-state index in [2.05, 4.69) is 0 Å². The van der Waals surface area contributed by atoms with Crippen molar-refractivity contribution in [3.63, 3.8) is 0 Å². The number of thiol groups is 1. The molecule has 3 atom stereocenters. The van der Waals surface area contributed by atoms with Crippen LogP contribution in [0.2, 0.25) is 0 Å². The molecule has 0 amide bonds. The zero-order valence-corrected chi connectivity index (χ0v) is 10.6. The van der Waals surface area contributed by atoms with Crippen molar-refractivity contribution >= 4 is 12.6 Å². The molecular weight excluding hydrogens is 200 g/mol. The molecule has 1 spiro atoms. The van der Waals surface area contributed by atoms with Crippen LogP contribution < -0.4 is 0 Å². The van der Waals surface area contributed by atoms with Gasteiger partial charge in [-0.25, -0.2) is 0 Å². The topological polar surface area (TPSA) is 0 Å². The summed E-state index contributed by atoms with van der Waals surface area (Å²) in [6, 6.07) is 0. The van der Waals surface area contributed by atoms with Gasteiger partial charge in [0.05, 0.1) is 0 Å². The van der Waals surface area contributed by atoms with Gasteiger partial charge in [0.2, 0.25) is 0 Å². The quantitative estimate of drug-likeness (QED) is 0.578. The average molecular weight is 224 g/mol. The second-order valence-corrected chi connectivity index (χ2v) is 6.93. The fourth-order valence-corrected chi connectivity index (χ4v) is 5.30. The monoisotopic (exact) mass is 224 g/mol. The van der Waals surface area contributed by atoms with Gasteiger partial charge >= 0.3 is 0 Å². The van der Waals surface area contributed by atoms with Gasteiger partial charge in [0.15, 0.2) is 0 Å². The number of fused-ring (bicyclic) bond motifs is 1. The van der Waals surface area contributed by atoms with Crippen LogP contribution in [0.4, 0.5) is 0 Å². The van der Waals surface area contributed by atoms with Crippen LogP contribution >= 0.6 is 12.6 Å². The maximum atomic E-state index is 4.99. The van der Waals surface area contributed by atoms with E-state index in [1.165, 1.54) is 64.2 Å². The first-order valence-corrected chi connectivity index (χ1v) is 7.50. The highest BCUT2D eigenvalue weighted by Gasteiger charge is 2.44. The SMILES string of the molecule is SC1CC2CCCC2CCC12CCCC2. The first-order valence-electron chi connectivity index (χ1n) is 6.98. The van der Waals surface area contributed by atoms with E-state index in [-0.39, 0.29) is 0 Å². The van der Waals surface area contributed by atoms with Gasteiger partial charge in [0.25, 0.3) is 0 Å². The summed E-state index contributed by atoms with van der Waals surface area (Å²) < 4.78 is 0. The van der Waals surface area contributed by atoms with E-state index < -0.39 is 0 Å². The third-order valence-corrected chi connectivity index (χ3v) is 6.42. The Morgan fingerprint density at radius 2 is 1.53 bits per heavy atom. The maximum absolute atomic E-state index is 4.99. The fourth-order valence-electron chi connectivity index (χ4n) is 4.64. The van der Waals surface area contributed by atoms with Gasteiger partial charge in [-0.05, 0) is 49.4 Å². The van der Waals surface area contributed by atoms with Crippen molar-refractivity contribution in [2.24, 2.45) is 17.3 Å². The molecule has 0 heterocycles. The summed E-state index contributed by atoms with van der Waals surface area (Å²) in [4.78, 5) is 0. The Balaban J connectivity index is 1.77. The molecule has 0 nitrogen and oxygen atoms in total. The molecule has 3 unspecified atom stereocenters. The smallest absolute Gasteiger partial charge is 0.00760 e. The first-order chi connectivity index (χ1) is 7.30. The highest BCUT2D eigenvalue weighted by molar-refractivity contribution is 7.81. The Labute approximate surface area is 99.6 Å². The largest absolute Gasteiger partial charge is 0.175 e. The lowest BCUT2D eigenvalue weighted by molar-refractivity contribution is 0.258. The van der Waals surface area contributed by atoms with Crippen LogP contribution in [0.3, 0.4) is 0 Å². The standard InChI is InChI=1S/C14H24S/c15-13-10-12-5-3-4-11(12)6-9-14(13)7-1-2-8-14/h11-13,15H,1-10H2. The molecule has 0 saturated heterocycles. The molecule has 3 aliphatic rings. The predicted octanol–water partition coefficient (Wildman–Crippen LogP) is 4.45. The minimum absolute atomic E-state index is 0.674. The minimum atomic E-state index is 0.674. The molecule has 86 valence electrons. The van der Waals surface area contributed by atoms with Gasteiger partial charge in [-0.15, -0.1) is 0 Å². The fraction of sp³-hybridized carbons (Fsp3) is 1.00. The van der Waals surface area contributed by atoms with Crippen molar-refractivity contribution in [1.82, 2.24) is 0 Å². The molecule has 0 aromatic carbocycles. The van der Waals surface area contributed by atoms with Crippen LogP contribution in [0.5, 0.6) is 0 Å². The van der Waals surface area contributed by atoms with E-state index in [1.54, 1.807) is 0 Å². The third kappa shape index (κ3) is 1.75. The second-order valence-electron chi connectivity index (χ2n) is 6.31. The molecule has 3 fully saturated rings. The summed E-state index contributed by atoms with van der Waals surface area (Å²) in [5.41, 5.74) is 0.674. The Kier molecular flexibility index (Phi) is 2.79. The third-order valence-electron chi connectivity index (χ3n) is 5.66. The van der Waals surface area contributed by atoms with Crippen molar-refractivity contribution in [2.75, 3.05) is 0 Å². The molecular formula is C14H24S. The predicted molar refractivity (Wildman–Crippen MR) is 68.4 cm³/mol. The molecule has 15 heavy (non-hydrogen) atoms. The molecule has 0 aromatic rings. The summed E-state index contributed by atoms with van der Waals surface area (Å²) in [6.07, 6.45) is 14.9. The summed E-state index contributed by atoms with van der Waals surface area (Å²) in [7, 11) is 0. The molecule has 3 aliphatic carbocycles. The number of hydrogen-bond donors (Lipinski definition) is 1. The lowest BCUT2D eigenvalue weighted by Crippen LogP contribution is -2.28. The summed E-state index contributed by atoms with van der Waals surface area (Å²) in [6.45, 7) is 0. The molecule has 0 aromatic heterocycles. The summed E-state index contributed by atoms with van der Waals surface area (Å²) in [5.74, 6) is 2.13. The number of hydrogen-bond acceptors (Lipinski definition) is 1. The van der Waals surface area contributed by atoms with Crippen LogP contribution in [-0.4, -0.2) is 5.25 Å².